The van der Waals surface area contributed by atoms with E-state index in [0.29, 0.717) is 0 Å². The van der Waals surface area contributed by atoms with Gasteiger partial charge in [0.25, 0.3) is 0 Å². The van der Waals surface area contributed by atoms with Gasteiger partial charge in [-0.2, -0.15) is 0 Å². The second-order valence-corrected chi connectivity index (χ2v) is 2.67. The SMILES string of the molecule is C#CC1=C(C)C(C)=CCC1. The maximum atomic E-state index is 5.32. The van der Waals surface area contributed by atoms with Crippen molar-refractivity contribution >= 4 is 0 Å². The lowest BCUT2D eigenvalue weighted by atomic mass is 9.93. The summed E-state index contributed by atoms with van der Waals surface area (Å²) in [6.07, 6.45) is 9.74. The maximum Gasteiger partial charge on any atom is 0.00524 e. The Hall–Kier alpha value is -0.960. The molecule has 0 radical (unpaired) electrons. The Kier molecular flexibility index (Phi) is 1.97. The molecule has 0 spiro atoms. The smallest absolute Gasteiger partial charge is 0.00524 e. The fourth-order valence-electron chi connectivity index (χ4n) is 1.19. The van der Waals surface area contributed by atoms with Crippen molar-refractivity contribution in [1.82, 2.24) is 0 Å². The van der Waals surface area contributed by atoms with E-state index in [0.717, 1.165) is 12.8 Å². The lowest BCUT2D eigenvalue weighted by Crippen LogP contribution is -1.93. The molecule has 1 aliphatic rings. The molecule has 0 aromatic heterocycles. The van der Waals surface area contributed by atoms with Crippen LogP contribution in [-0.4, -0.2) is 0 Å². The van der Waals surface area contributed by atoms with Crippen LogP contribution in [0.4, 0.5) is 0 Å². The highest BCUT2D eigenvalue weighted by Crippen LogP contribution is 2.23. The minimum Gasteiger partial charge on any atom is -0.115 e. The van der Waals surface area contributed by atoms with E-state index in [2.05, 4.69) is 25.8 Å². The number of hydrogen-bond acceptors (Lipinski definition) is 0. The van der Waals surface area contributed by atoms with Crippen LogP contribution in [0.5, 0.6) is 0 Å². The summed E-state index contributed by atoms with van der Waals surface area (Å²) in [5.41, 5.74) is 3.83. The van der Waals surface area contributed by atoms with E-state index in [-0.39, 0.29) is 0 Å². The number of hydrogen-bond donors (Lipinski definition) is 0. The Morgan fingerprint density at radius 3 is 2.70 bits per heavy atom. The fourth-order valence-corrected chi connectivity index (χ4v) is 1.19. The largest absolute Gasteiger partial charge is 0.115 e. The summed E-state index contributed by atoms with van der Waals surface area (Å²) in [6.45, 7) is 4.21. The predicted octanol–water partition coefficient (Wildman–Crippen LogP) is 2.68. The molecule has 0 heterocycles. The molecule has 0 aromatic carbocycles. The molecule has 0 nitrogen and oxygen atoms in total. The van der Waals surface area contributed by atoms with E-state index in [1.165, 1.54) is 16.7 Å². The van der Waals surface area contributed by atoms with Crippen molar-refractivity contribution in [2.75, 3.05) is 0 Å². The molecule has 0 aliphatic heterocycles. The molecule has 0 saturated carbocycles. The van der Waals surface area contributed by atoms with Crippen molar-refractivity contribution in [3.8, 4) is 12.3 Å². The van der Waals surface area contributed by atoms with E-state index < -0.39 is 0 Å². The van der Waals surface area contributed by atoms with Gasteiger partial charge < -0.3 is 0 Å². The highest BCUT2D eigenvalue weighted by atomic mass is 14.1. The maximum absolute atomic E-state index is 5.32. The van der Waals surface area contributed by atoms with Crippen LogP contribution < -0.4 is 0 Å². The van der Waals surface area contributed by atoms with Gasteiger partial charge in [0.05, 0.1) is 0 Å². The third-order valence-corrected chi connectivity index (χ3v) is 2.06. The summed E-state index contributed by atoms with van der Waals surface area (Å²) in [4.78, 5) is 0. The topological polar surface area (TPSA) is 0 Å². The monoisotopic (exact) mass is 132 g/mol. The molecule has 1 aliphatic carbocycles. The van der Waals surface area contributed by atoms with Crippen molar-refractivity contribution in [2.45, 2.75) is 26.7 Å². The van der Waals surface area contributed by atoms with Gasteiger partial charge in [-0.05, 0) is 32.3 Å². The normalized spacial score (nSPS) is 18.3. The van der Waals surface area contributed by atoms with Crippen LogP contribution in [0.1, 0.15) is 26.7 Å². The van der Waals surface area contributed by atoms with Crippen molar-refractivity contribution in [2.24, 2.45) is 0 Å². The lowest BCUT2D eigenvalue weighted by molar-refractivity contribution is 0.954. The number of terminal acetylenes is 1. The third-order valence-electron chi connectivity index (χ3n) is 2.06. The molecule has 0 atom stereocenters. The van der Waals surface area contributed by atoms with E-state index in [1.807, 2.05) is 0 Å². The summed E-state index contributed by atoms with van der Waals surface area (Å²) in [5.74, 6) is 2.72. The molecule has 0 N–H and O–H groups in total. The molecule has 0 saturated heterocycles. The lowest BCUT2D eigenvalue weighted by Gasteiger charge is -2.11. The van der Waals surface area contributed by atoms with Gasteiger partial charge in [-0.15, -0.1) is 6.42 Å². The van der Waals surface area contributed by atoms with Crippen LogP contribution in [0.15, 0.2) is 22.8 Å². The van der Waals surface area contributed by atoms with Gasteiger partial charge in [0, 0.05) is 5.57 Å². The van der Waals surface area contributed by atoms with Gasteiger partial charge >= 0.3 is 0 Å². The van der Waals surface area contributed by atoms with E-state index in [1.54, 1.807) is 0 Å². The Bertz CT molecular complexity index is 233. The van der Waals surface area contributed by atoms with Crippen molar-refractivity contribution in [1.29, 1.82) is 0 Å². The molecule has 0 fully saturated rings. The van der Waals surface area contributed by atoms with Gasteiger partial charge in [0.1, 0.15) is 0 Å². The molecule has 10 heavy (non-hydrogen) atoms. The zero-order chi connectivity index (χ0) is 7.56. The van der Waals surface area contributed by atoms with Crippen LogP contribution in [0, 0.1) is 12.3 Å². The molecule has 0 aromatic rings. The molecule has 0 bridgehead atoms. The first kappa shape index (κ1) is 7.15. The van der Waals surface area contributed by atoms with Gasteiger partial charge in [-0.1, -0.05) is 17.6 Å². The first-order valence-corrected chi connectivity index (χ1v) is 3.59. The summed E-state index contributed by atoms with van der Waals surface area (Å²) in [7, 11) is 0. The summed E-state index contributed by atoms with van der Waals surface area (Å²) >= 11 is 0. The van der Waals surface area contributed by atoms with Crippen LogP contribution in [0.2, 0.25) is 0 Å². The second-order valence-electron chi connectivity index (χ2n) is 2.67. The van der Waals surface area contributed by atoms with Gasteiger partial charge in [-0.25, -0.2) is 0 Å². The predicted molar refractivity (Wildman–Crippen MR) is 44.5 cm³/mol. The zero-order valence-corrected chi connectivity index (χ0v) is 6.57. The van der Waals surface area contributed by atoms with E-state index >= 15 is 0 Å². The Labute approximate surface area is 62.6 Å². The quantitative estimate of drug-likeness (QED) is 0.444. The van der Waals surface area contributed by atoms with Crippen LogP contribution in [0.3, 0.4) is 0 Å². The minimum atomic E-state index is 1.06. The highest BCUT2D eigenvalue weighted by molar-refractivity contribution is 5.43. The summed E-state index contributed by atoms with van der Waals surface area (Å²) in [5, 5.41) is 0. The highest BCUT2D eigenvalue weighted by Gasteiger charge is 2.05. The van der Waals surface area contributed by atoms with Crippen LogP contribution in [-0.2, 0) is 0 Å². The molecule has 0 unspecified atom stereocenters. The summed E-state index contributed by atoms with van der Waals surface area (Å²) < 4.78 is 0. The second kappa shape index (κ2) is 2.75. The Morgan fingerprint density at radius 2 is 2.20 bits per heavy atom. The standard InChI is InChI=1S/C10H12/c1-4-10-7-5-6-8(2)9(10)3/h1,6H,5,7H2,2-3H3. The Balaban J connectivity index is 2.99. The van der Waals surface area contributed by atoms with Crippen molar-refractivity contribution in [3.63, 3.8) is 0 Å². The molecular formula is C10H12. The molecule has 52 valence electrons. The molecular weight excluding hydrogens is 120 g/mol. The van der Waals surface area contributed by atoms with E-state index in [4.69, 9.17) is 6.42 Å². The first-order chi connectivity index (χ1) is 4.75. The average Bonchev–Trinajstić information content (AvgIpc) is 1.95. The fraction of sp³-hybridized carbons (Fsp3) is 0.400. The van der Waals surface area contributed by atoms with Gasteiger partial charge in [0.2, 0.25) is 0 Å². The minimum absolute atomic E-state index is 1.06. The Morgan fingerprint density at radius 1 is 1.50 bits per heavy atom. The van der Waals surface area contributed by atoms with Crippen LogP contribution in [0.25, 0.3) is 0 Å². The van der Waals surface area contributed by atoms with Gasteiger partial charge in [-0.3, -0.25) is 0 Å². The van der Waals surface area contributed by atoms with E-state index in [9.17, 15) is 0 Å². The first-order valence-electron chi connectivity index (χ1n) is 3.59. The number of allylic oxidation sites excluding steroid dienone is 4. The van der Waals surface area contributed by atoms with Crippen molar-refractivity contribution < 1.29 is 0 Å². The average molecular weight is 132 g/mol. The molecule has 1 rings (SSSR count). The van der Waals surface area contributed by atoms with Gasteiger partial charge in [0.15, 0.2) is 0 Å². The third kappa shape index (κ3) is 1.14. The summed E-state index contributed by atoms with van der Waals surface area (Å²) in [6, 6.07) is 0. The van der Waals surface area contributed by atoms with Crippen LogP contribution >= 0.6 is 0 Å². The molecule has 0 heteroatoms. The molecule has 0 amide bonds. The van der Waals surface area contributed by atoms with Crippen molar-refractivity contribution in [3.05, 3.63) is 22.8 Å². The number of rotatable bonds is 0. The zero-order valence-electron chi connectivity index (χ0n) is 6.57.